The van der Waals surface area contributed by atoms with Crippen LogP contribution in [0.15, 0.2) is 51.6 Å². The molecule has 142 valence electrons. The summed E-state index contributed by atoms with van der Waals surface area (Å²) >= 11 is 6.58. The van der Waals surface area contributed by atoms with Crippen LogP contribution in [0.2, 0.25) is 0 Å². The molecule has 0 bridgehead atoms. The Labute approximate surface area is 169 Å². The maximum Gasteiger partial charge on any atom is 0.277 e. The van der Waals surface area contributed by atoms with Crippen LogP contribution in [-0.4, -0.2) is 22.2 Å². The first kappa shape index (κ1) is 18.4. The van der Waals surface area contributed by atoms with Gasteiger partial charge in [0.1, 0.15) is 11.5 Å². The molecule has 0 atom stereocenters. The molecule has 0 spiro atoms. The van der Waals surface area contributed by atoms with Gasteiger partial charge in [-0.2, -0.15) is 0 Å². The number of ether oxygens (including phenoxy) is 1. The van der Waals surface area contributed by atoms with Crippen molar-refractivity contribution < 1.29 is 19.1 Å². The van der Waals surface area contributed by atoms with Gasteiger partial charge in [-0.1, -0.05) is 0 Å². The summed E-state index contributed by atoms with van der Waals surface area (Å²) in [5, 5.41) is 12.0. The second kappa shape index (κ2) is 7.57. The Balaban J connectivity index is 1.74. The summed E-state index contributed by atoms with van der Waals surface area (Å²) in [7, 11) is 0. The molecular formula is C20H16N2O4S2. The zero-order valence-corrected chi connectivity index (χ0v) is 16.5. The van der Waals surface area contributed by atoms with Gasteiger partial charge in [-0.3, -0.25) is 9.36 Å². The molecule has 4 rings (SSSR count). The van der Waals surface area contributed by atoms with E-state index in [-0.39, 0.29) is 11.8 Å². The normalized spacial score (nSPS) is 14.5. The number of carbonyl (C=O) groups excluding carboxylic acids is 1. The number of aromatic nitrogens is 1. The van der Waals surface area contributed by atoms with E-state index in [9.17, 15) is 9.90 Å². The monoisotopic (exact) mass is 412 g/mol. The minimum absolute atomic E-state index is 0.00559. The van der Waals surface area contributed by atoms with Crippen LogP contribution in [0, 0.1) is 3.95 Å². The molecule has 1 aromatic carbocycles. The first-order chi connectivity index (χ1) is 13.5. The fraction of sp³-hybridized carbons (Fsp3) is 0.150. The van der Waals surface area contributed by atoms with Gasteiger partial charge in [0.2, 0.25) is 5.88 Å². The Morgan fingerprint density at radius 1 is 1.39 bits per heavy atom. The fourth-order valence-electron chi connectivity index (χ4n) is 2.86. The molecule has 3 aromatic rings. The number of thiazole rings is 1. The summed E-state index contributed by atoms with van der Waals surface area (Å²) < 4.78 is 12.9. The van der Waals surface area contributed by atoms with E-state index in [1.165, 1.54) is 11.3 Å². The van der Waals surface area contributed by atoms with Crippen LogP contribution in [0.5, 0.6) is 11.6 Å². The summed E-state index contributed by atoms with van der Waals surface area (Å²) in [6.07, 6.45) is 4.92. The van der Waals surface area contributed by atoms with E-state index in [0.29, 0.717) is 44.4 Å². The molecule has 0 saturated heterocycles. The highest BCUT2D eigenvalue weighted by Crippen LogP contribution is 2.30. The van der Waals surface area contributed by atoms with Crippen LogP contribution in [0.3, 0.4) is 0 Å². The number of furan rings is 1. The quantitative estimate of drug-likeness (QED) is 0.515. The van der Waals surface area contributed by atoms with E-state index in [4.69, 9.17) is 21.4 Å². The van der Waals surface area contributed by atoms with Crippen LogP contribution in [-0.2, 0) is 11.3 Å². The van der Waals surface area contributed by atoms with Crippen LogP contribution in [0.1, 0.15) is 17.6 Å². The summed E-state index contributed by atoms with van der Waals surface area (Å²) in [5.74, 6) is 1.02. The number of aromatic hydroxyl groups is 1. The lowest BCUT2D eigenvalue weighted by Crippen LogP contribution is -2.30. The number of hydrogen-bond donors (Lipinski definition) is 1. The summed E-state index contributed by atoms with van der Waals surface area (Å²) in [6.45, 7) is 2.78. The average Bonchev–Trinajstić information content (AvgIpc) is 3.27. The van der Waals surface area contributed by atoms with Crippen molar-refractivity contribution in [3.05, 3.63) is 67.3 Å². The highest BCUT2D eigenvalue weighted by atomic mass is 32.1. The first-order valence-electron chi connectivity index (χ1n) is 8.59. The van der Waals surface area contributed by atoms with Gasteiger partial charge in [-0.05, 0) is 61.6 Å². The molecule has 0 saturated carbocycles. The van der Waals surface area contributed by atoms with Gasteiger partial charge in [0.25, 0.3) is 5.91 Å². The summed E-state index contributed by atoms with van der Waals surface area (Å²) in [6, 6.07) is 8.96. The van der Waals surface area contributed by atoms with Crippen molar-refractivity contribution in [2.75, 3.05) is 6.61 Å². The van der Waals surface area contributed by atoms with E-state index in [0.717, 1.165) is 5.22 Å². The van der Waals surface area contributed by atoms with Crippen LogP contribution >= 0.6 is 23.6 Å². The molecule has 1 N–H and O–H groups in total. The number of amides is 1. The molecule has 0 radical (unpaired) electrons. The fourth-order valence-corrected chi connectivity index (χ4v) is 4.12. The second-order valence-corrected chi connectivity index (χ2v) is 7.71. The Morgan fingerprint density at radius 2 is 2.25 bits per heavy atom. The van der Waals surface area contributed by atoms with Crippen molar-refractivity contribution in [2.45, 2.75) is 13.5 Å². The van der Waals surface area contributed by atoms with E-state index in [2.05, 4.69) is 4.99 Å². The molecular weight excluding hydrogens is 396 g/mol. The molecule has 0 unspecified atom stereocenters. The molecule has 8 heteroatoms. The number of benzene rings is 1. The van der Waals surface area contributed by atoms with Crippen molar-refractivity contribution >= 4 is 41.6 Å². The molecule has 0 fully saturated rings. The molecule has 6 nitrogen and oxygen atoms in total. The van der Waals surface area contributed by atoms with Gasteiger partial charge in [-0.15, -0.1) is 11.3 Å². The molecule has 1 aliphatic rings. The minimum atomic E-state index is -0.368. The minimum Gasteiger partial charge on any atom is -0.494 e. The lowest BCUT2D eigenvalue weighted by molar-refractivity contribution is -0.114. The molecule has 28 heavy (non-hydrogen) atoms. The topological polar surface area (TPSA) is 77.0 Å². The Hall–Kier alpha value is -2.97. The van der Waals surface area contributed by atoms with Crippen molar-refractivity contribution in [3.63, 3.8) is 0 Å². The molecule has 0 aliphatic carbocycles. The molecule has 2 aromatic heterocycles. The smallest absolute Gasteiger partial charge is 0.277 e. The van der Waals surface area contributed by atoms with Crippen LogP contribution in [0.25, 0.3) is 12.2 Å². The van der Waals surface area contributed by atoms with Gasteiger partial charge < -0.3 is 14.3 Å². The molecule has 1 aliphatic heterocycles. The van der Waals surface area contributed by atoms with Crippen molar-refractivity contribution in [1.82, 2.24) is 4.57 Å². The third-order valence-electron chi connectivity index (χ3n) is 4.16. The Kier molecular flexibility index (Phi) is 4.97. The first-order valence-corrected chi connectivity index (χ1v) is 9.82. The number of hydrogen-bond acceptors (Lipinski definition) is 6. The zero-order chi connectivity index (χ0) is 19.7. The largest absolute Gasteiger partial charge is 0.494 e. The van der Waals surface area contributed by atoms with E-state index < -0.39 is 0 Å². The SMILES string of the molecule is CCOc1ccc2c(c1)=CC(=Cc1sc(=S)n(Cc3ccco3)c1O)C(=O)N=2. The van der Waals surface area contributed by atoms with Gasteiger partial charge in [0, 0.05) is 10.8 Å². The van der Waals surface area contributed by atoms with E-state index in [1.807, 2.05) is 13.0 Å². The molecule has 3 heterocycles. The van der Waals surface area contributed by atoms with Crippen molar-refractivity contribution in [1.29, 1.82) is 0 Å². The third-order valence-corrected chi connectivity index (χ3v) is 5.55. The van der Waals surface area contributed by atoms with Crippen LogP contribution in [0.4, 0.5) is 0 Å². The highest BCUT2D eigenvalue weighted by Gasteiger charge is 2.16. The maximum absolute atomic E-state index is 12.4. The molecule has 1 amide bonds. The van der Waals surface area contributed by atoms with E-state index >= 15 is 0 Å². The standard InChI is InChI=1S/C20H16N2O4S2/c1-2-25-14-5-6-16-12(9-14)8-13(18(23)21-16)10-17-19(24)22(20(27)28-17)11-15-4-3-7-26-15/h3-10,24H,2,11H2,1H3. The predicted molar refractivity (Wildman–Crippen MR) is 108 cm³/mol. The van der Waals surface area contributed by atoms with Gasteiger partial charge in [0.15, 0.2) is 3.95 Å². The maximum atomic E-state index is 12.4. The lowest BCUT2D eigenvalue weighted by Gasteiger charge is -2.06. The van der Waals surface area contributed by atoms with Crippen molar-refractivity contribution in [3.8, 4) is 11.6 Å². The Bertz CT molecular complexity index is 1250. The predicted octanol–water partition coefficient (Wildman–Crippen LogP) is 3.05. The number of carbonyl (C=O) groups is 1. The summed E-state index contributed by atoms with van der Waals surface area (Å²) in [5.41, 5.74) is 0.373. The third kappa shape index (κ3) is 3.56. The summed E-state index contributed by atoms with van der Waals surface area (Å²) in [4.78, 5) is 17.0. The second-order valence-electron chi connectivity index (χ2n) is 6.04. The van der Waals surface area contributed by atoms with Crippen molar-refractivity contribution in [2.24, 2.45) is 4.99 Å². The van der Waals surface area contributed by atoms with Gasteiger partial charge in [0.05, 0.1) is 29.6 Å². The zero-order valence-electron chi connectivity index (χ0n) is 14.9. The van der Waals surface area contributed by atoms with Gasteiger partial charge in [-0.25, -0.2) is 4.99 Å². The number of fused-ring (bicyclic) bond motifs is 1. The highest BCUT2D eigenvalue weighted by molar-refractivity contribution is 7.73. The average molecular weight is 412 g/mol. The van der Waals surface area contributed by atoms with E-state index in [1.54, 1.807) is 47.2 Å². The number of rotatable bonds is 5. The lowest BCUT2D eigenvalue weighted by atomic mass is 10.1. The van der Waals surface area contributed by atoms with Crippen LogP contribution < -0.4 is 15.3 Å². The number of nitrogens with zero attached hydrogens (tertiary/aromatic N) is 2. The Morgan fingerprint density at radius 3 is 3.00 bits per heavy atom. The van der Waals surface area contributed by atoms with Gasteiger partial charge >= 0.3 is 0 Å².